The Morgan fingerprint density at radius 3 is 2.78 bits per heavy atom. The SMILES string of the molecule is Cc1ccc(NC2CCCN(C)CC2)c(C)c1O. The third-order valence-corrected chi connectivity index (χ3v) is 3.94. The average Bonchev–Trinajstić information content (AvgIpc) is 2.55. The Morgan fingerprint density at radius 2 is 2.00 bits per heavy atom. The van der Waals surface area contributed by atoms with E-state index in [2.05, 4.69) is 23.3 Å². The third kappa shape index (κ3) is 2.96. The molecular formula is C15H24N2O. The van der Waals surface area contributed by atoms with E-state index < -0.39 is 0 Å². The molecule has 0 spiro atoms. The van der Waals surface area contributed by atoms with Crippen LogP contribution in [0.5, 0.6) is 5.75 Å². The first-order valence-corrected chi connectivity index (χ1v) is 6.82. The van der Waals surface area contributed by atoms with Gasteiger partial charge < -0.3 is 15.3 Å². The summed E-state index contributed by atoms with van der Waals surface area (Å²) in [4.78, 5) is 2.39. The van der Waals surface area contributed by atoms with E-state index in [4.69, 9.17) is 0 Å². The van der Waals surface area contributed by atoms with Gasteiger partial charge in [-0.1, -0.05) is 6.07 Å². The van der Waals surface area contributed by atoms with Crippen molar-refractivity contribution < 1.29 is 5.11 Å². The lowest BCUT2D eigenvalue weighted by Crippen LogP contribution is -2.23. The Morgan fingerprint density at radius 1 is 1.22 bits per heavy atom. The molecule has 0 bridgehead atoms. The molecule has 1 heterocycles. The minimum atomic E-state index is 0.422. The molecule has 1 aromatic carbocycles. The Hall–Kier alpha value is -1.22. The predicted molar refractivity (Wildman–Crippen MR) is 76.3 cm³/mol. The van der Waals surface area contributed by atoms with Crippen molar-refractivity contribution in [2.45, 2.75) is 39.2 Å². The summed E-state index contributed by atoms with van der Waals surface area (Å²) >= 11 is 0. The zero-order chi connectivity index (χ0) is 13.1. The van der Waals surface area contributed by atoms with Crippen molar-refractivity contribution in [2.24, 2.45) is 0 Å². The Balaban J connectivity index is 2.07. The van der Waals surface area contributed by atoms with Gasteiger partial charge in [0, 0.05) is 17.3 Å². The molecule has 3 nitrogen and oxygen atoms in total. The van der Waals surface area contributed by atoms with Crippen LogP contribution in [-0.2, 0) is 0 Å². The van der Waals surface area contributed by atoms with Crippen LogP contribution in [0.25, 0.3) is 0 Å². The maximum atomic E-state index is 9.97. The molecule has 1 saturated heterocycles. The lowest BCUT2D eigenvalue weighted by molar-refractivity contribution is 0.348. The number of hydrogen-bond acceptors (Lipinski definition) is 3. The number of nitrogens with one attached hydrogen (secondary N) is 1. The van der Waals surface area contributed by atoms with Crippen LogP contribution < -0.4 is 5.32 Å². The molecule has 1 unspecified atom stereocenters. The van der Waals surface area contributed by atoms with Gasteiger partial charge in [0.1, 0.15) is 5.75 Å². The second kappa shape index (κ2) is 5.61. The molecule has 2 N–H and O–H groups in total. The first-order valence-electron chi connectivity index (χ1n) is 6.82. The quantitative estimate of drug-likeness (QED) is 0.844. The van der Waals surface area contributed by atoms with Crippen LogP contribution in [0.1, 0.15) is 30.4 Å². The van der Waals surface area contributed by atoms with Crippen LogP contribution >= 0.6 is 0 Å². The zero-order valence-electron chi connectivity index (χ0n) is 11.7. The molecule has 3 heteroatoms. The number of hydrogen-bond donors (Lipinski definition) is 2. The highest BCUT2D eigenvalue weighted by atomic mass is 16.3. The van der Waals surface area contributed by atoms with Gasteiger partial charge in [-0.3, -0.25) is 0 Å². The Kier molecular flexibility index (Phi) is 4.12. The van der Waals surface area contributed by atoms with Crippen LogP contribution in [0.4, 0.5) is 5.69 Å². The molecule has 1 aliphatic heterocycles. The van der Waals surface area contributed by atoms with Gasteiger partial charge in [0.05, 0.1) is 0 Å². The van der Waals surface area contributed by atoms with Gasteiger partial charge in [0.15, 0.2) is 0 Å². The monoisotopic (exact) mass is 248 g/mol. The molecule has 0 radical (unpaired) electrons. The topological polar surface area (TPSA) is 35.5 Å². The summed E-state index contributed by atoms with van der Waals surface area (Å²) in [5.41, 5.74) is 2.99. The van der Waals surface area contributed by atoms with Crippen LogP contribution in [-0.4, -0.2) is 36.2 Å². The second-order valence-corrected chi connectivity index (χ2v) is 5.48. The van der Waals surface area contributed by atoms with Gasteiger partial charge in [-0.15, -0.1) is 0 Å². The molecule has 100 valence electrons. The van der Waals surface area contributed by atoms with E-state index in [0.717, 1.165) is 23.4 Å². The first kappa shape index (κ1) is 13.2. The van der Waals surface area contributed by atoms with E-state index in [-0.39, 0.29) is 0 Å². The van der Waals surface area contributed by atoms with Gasteiger partial charge >= 0.3 is 0 Å². The van der Waals surface area contributed by atoms with E-state index in [1.54, 1.807) is 0 Å². The molecule has 2 rings (SSSR count). The van der Waals surface area contributed by atoms with Gasteiger partial charge in [-0.2, -0.15) is 0 Å². The molecule has 0 aromatic heterocycles. The van der Waals surface area contributed by atoms with Crippen molar-refractivity contribution in [1.82, 2.24) is 4.90 Å². The van der Waals surface area contributed by atoms with Crippen molar-refractivity contribution in [3.05, 3.63) is 23.3 Å². The van der Waals surface area contributed by atoms with Gasteiger partial charge in [-0.05, 0) is 64.9 Å². The number of nitrogens with zero attached hydrogens (tertiary/aromatic N) is 1. The normalized spacial score (nSPS) is 21.6. The highest BCUT2D eigenvalue weighted by Gasteiger charge is 2.16. The number of phenolic OH excluding ortho intramolecular Hbond substituents is 1. The molecule has 0 aliphatic carbocycles. The average molecular weight is 248 g/mol. The number of rotatable bonds is 2. The molecule has 0 saturated carbocycles. The molecule has 0 amide bonds. The smallest absolute Gasteiger partial charge is 0.123 e. The number of anilines is 1. The van der Waals surface area contributed by atoms with Crippen molar-refractivity contribution in [3.8, 4) is 5.75 Å². The number of aromatic hydroxyl groups is 1. The summed E-state index contributed by atoms with van der Waals surface area (Å²) in [6, 6.07) is 4.59. The summed E-state index contributed by atoms with van der Waals surface area (Å²) in [6.07, 6.45) is 3.62. The highest BCUT2D eigenvalue weighted by Crippen LogP contribution is 2.29. The summed E-state index contributed by atoms with van der Waals surface area (Å²) < 4.78 is 0. The predicted octanol–water partition coefficient (Wildman–Crippen LogP) is 2.91. The fraction of sp³-hybridized carbons (Fsp3) is 0.600. The number of phenols is 1. The molecule has 1 fully saturated rings. The highest BCUT2D eigenvalue weighted by molar-refractivity contribution is 5.59. The van der Waals surface area contributed by atoms with Crippen LogP contribution in [0, 0.1) is 13.8 Å². The number of benzene rings is 1. The zero-order valence-corrected chi connectivity index (χ0v) is 11.7. The number of aryl methyl sites for hydroxylation is 1. The van der Waals surface area contributed by atoms with E-state index in [9.17, 15) is 5.11 Å². The molecule has 1 aliphatic rings. The molecule has 1 atom stereocenters. The Bertz CT molecular complexity index is 417. The summed E-state index contributed by atoms with van der Waals surface area (Å²) in [5.74, 6) is 0.422. The Labute approximate surface area is 110 Å². The molecular weight excluding hydrogens is 224 g/mol. The van der Waals surface area contributed by atoms with E-state index in [1.165, 1.54) is 25.8 Å². The summed E-state index contributed by atoms with van der Waals surface area (Å²) in [5, 5.41) is 13.6. The lowest BCUT2D eigenvalue weighted by Gasteiger charge is -2.20. The fourth-order valence-electron chi connectivity index (χ4n) is 2.60. The standard InChI is InChI=1S/C15H24N2O/c1-11-6-7-14(12(2)15(11)18)16-13-5-4-9-17(3)10-8-13/h6-7,13,16,18H,4-5,8-10H2,1-3H3. The largest absolute Gasteiger partial charge is 0.507 e. The summed E-state index contributed by atoms with van der Waals surface area (Å²) in [7, 11) is 2.19. The maximum Gasteiger partial charge on any atom is 0.123 e. The molecule has 1 aromatic rings. The van der Waals surface area contributed by atoms with Crippen molar-refractivity contribution in [2.75, 3.05) is 25.5 Å². The lowest BCUT2D eigenvalue weighted by atomic mass is 10.1. The van der Waals surface area contributed by atoms with Crippen LogP contribution in [0.15, 0.2) is 12.1 Å². The van der Waals surface area contributed by atoms with E-state index in [1.807, 2.05) is 19.9 Å². The molecule has 18 heavy (non-hydrogen) atoms. The van der Waals surface area contributed by atoms with Crippen LogP contribution in [0.3, 0.4) is 0 Å². The third-order valence-electron chi connectivity index (χ3n) is 3.94. The summed E-state index contributed by atoms with van der Waals surface area (Å²) in [6.45, 7) is 6.26. The van der Waals surface area contributed by atoms with Gasteiger partial charge in [0.25, 0.3) is 0 Å². The van der Waals surface area contributed by atoms with E-state index >= 15 is 0 Å². The minimum absolute atomic E-state index is 0.422. The van der Waals surface area contributed by atoms with Crippen molar-refractivity contribution in [3.63, 3.8) is 0 Å². The fourth-order valence-corrected chi connectivity index (χ4v) is 2.60. The van der Waals surface area contributed by atoms with Crippen molar-refractivity contribution in [1.29, 1.82) is 0 Å². The van der Waals surface area contributed by atoms with E-state index in [0.29, 0.717) is 11.8 Å². The maximum absolute atomic E-state index is 9.97. The van der Waals surface area contributed by atoms with Crippen LogP contribution in [0.2, 0.25) is 0 Å². The minimum Gasteiger partial charge on any atom is -0.507 e. The van der Waals surface area contributed by atoms with Gasteiger partial charge in [0.2, 0.25) is 0 Å². The first-order chi connectivity index (χ1) is 8.58. The van der Waals surface area contributed by atoms with Crippen molar-refractivity contribution >= 4 is 5.69 Å². The van der Waals surface area contributed by atoms with Gasteiger partial charge in [-0.25, -0.2) is 0 Å². The second-order valence-electron chi connectivity index (χ2n) is 5.48. The number of likely N-dealkylation sites (tertiary alicyclic amines) is 1.